The smallest absolute Gasteiger partial charge is 0.141 e. The first-order chi connectivity index (χ1) is 8.74. The maximum absolute atomic E-state index is 13.6. The fourth-order valence-electron chi connectivity index (χ4n) is 2.62. The molecular formula is C15H15ClFN. The summed E-state index contributed by atoms with van der Waals surface area (Å²) >= 11 is 5.58. The van der Waals surface area contributed by atoms with Crippen LogP contribution >= 0.6 is 11.6 Å². The van der Waals surface area contributed by atoms with Gasteiger partial charge < -0.3 is 0 Å². The van der Waals surface area contributed by atoms with Gasteiger partial charge in [-0.25, -0.2) is 4.39 Å². The molecule has 1 nitrogen and oxygen atoms in total. The van der Waals surface area contributed by atoms with E-state index in [1.54, 1.807) is 11.6 Å². The topological polar surface area (TPSA) is 23.8 Å². The van der Waals surface area contributed by atoms with Crippen molar-refractivity contribution in [1.82, 2.24) is 0 Å². The number of halogens is 2. The van der Waals surface area contributed by atoms with Crippen molar-refractivity contribution < 1.29 is 4.39 Å². The Labute approximate surface area is 112 Å². The summed E-state index contributed by atoms with van der Waals surface area (Å²) in [6, 6.07) is 6.82. The van der Waals surface area contributed by atoms with E-state index in [0.29, 0.717) is 11.8 Å². The van der Waals surface area contributed by atoms with Crippen molar-refractivity contribution in [2.24, 2.45) is 5.92 Å². The van der Waals surface area contributed by atoms with Crippen LogP contribution in [0.2, 0.25) is 0 Å². The molecule has 0 saturated heterocycles. The lowest BCUT2D eigenvalue weighted by Gasteiger charge is -2.27. The van der Waals surface area contributed by atoms with Gasteiger partial charge in [0.25, 0.3) is 0 Å². The van der Waals surface area contributed by atoms with Gasteiger partial charge in [-0.2, -0.15) is 5.26 Å². The molecule has 0 atom stereocenters. The van der Waals surface area contributed by atoms with Crippen molar-refractivity contribution in [3.05, 3.63) is 46.8 Å². The van der Waals surface area contributed by atoms with Gasteiger partial charge in [0.05, 0.1) is 5.56 Å². The molecule has 18 heavy (non-hydrogen) atoms. The molecule has 0 aromatic heterocycles. The Morgan fingerprint density at radius 2 is 2.00 bits per heavy atom. The highest BCUT2D eigenvalue weighted by molar-refractivity contribution is 6.25. The van der Waals surface area contributed by atoms with Crippen LogP contribution in [0.5, 0.6) is 0 Å². The summed E-state index contributed by atoms with van der Waals surface area (Å²) in [6.07, 6.45) is 6.33. The van der Waals surface area contributed by atoms with E-state index in [4.69, 9.17) is 16.9 Å². The molecule has 1 aliphatic rings. The van der Waals surface area contributed by atoms with Crippen molar-refractivity contribution in [2.45, 2.75) is 31.6 Å². The zero-order valence-electron chi connectivity index (χ0n) is 10.1. The Bertz CT molecular complexity index is 482. The third-order valence-corrected chi connectivity index (χ3v) is 3.85. The van der Waals surface area contributed by atoms with Crippen LogP contribution in [0, 0.1) is 23.1 Å². The van der Waals surface area contributed by atoms with E-state index in [9.17, 15) is 4.39 Å². The Hall–Kier alpha value is -1.33. The fraction of sp³-hybridized carbons (Fsp3) is 0.400. The van der Waals surface area contributed by atoms with Crippen LogP contribution in [0.4, 0.5) is 4.39 Å². The zero-order valence-corrected chi connectivity index (χ0v) is 10.8. The van der Waals surface area contributed by atoms with Gasteiger partial charge in [0.1, 0.15) is 11.9 Å². The SMILES string of the molecule is N#Cc1ccc(C2CCC(C=CCl)CC2)cc1F. The summed E-state index contributed by atoms with van der Waals surface area (Å²) in [6.45, 7) is 0. The maximum Gasteiger partial charge on any atom is 0.141 e. The molecule has 1 fully saturated rings. The minimum absolute atomic E-state index is 0.123. The summed E-state index contributed by atoms with van der Waals surface area (Å²) in [4.78, 5) is 0. The standard InChI is InChI=1S/C15H15ClFN/c16-8-7-11-1-3-12(4-2-11)13-5-6-14(10-18)15(17)9-13/h5-9,11-12H,1-4H2. The van der Waals surface area contributed by atoms with Crippen LogP contribution in [0.1, 0.15) is 42.7 Å². The van der Waals surface area contributed by atoms with Gasteiger partial charge in [-0.3, -0.25) is 0 Å². The summed E-state index contributed by atoms with van der Waals surface area (Å²) < 4.78 is 13.6. The van der Waals surface area contributed by atoms with Gasteiger partial charge >= 0.3 is 0 Å². The maximum atomic E-state index is 13.6. The van der Waals surface area contributed by atoms with Crippen molar-refractivity contribution >= 4 is 11.6 Å². The van der Waals surface area contributed by atoms with Crippen molar-refractivity contribution in [2.75, 3.05) is 0 Å². The zero-order chi connectivity index (χ0) is 13.0. The second-order valence-electron chi connectivity index (χ2n) is 4.78. The molecular weight excluding hydrogens is 249 g/mol. The van der Waals surface area contributed by atoms with Gasteiger partial charge in [-0.15, -0.1) is 0 Å². The third-order valence-electron chi connectivity index (χ3n) is 3.70. The van der Waals surface area contributed by atoms with Crippen molar-refractivity contribution in [3.8, 4) is 6.07 Å². The van der Waals surface area contributed by atoms with Gasteiger partial charge in [0.15, 0.2) is 0 Å². The summed E-state index contributed by atoms with van der Waals surface area (Å²) in [7, 11) is 0. The molecule has 0 N–H and O–H groups in total. The number of hydrogen-bond donors (Lipinski definition) is 0. The molecule has 94 valence electrons. The molecule has 0 unspecified atom stereocenters. The molecule has 0 bridgehead atoms. The molecule has 0 heterocycles. The third kappa shape index (κ3) is 2.91. The van der Waals surface area contributed by atoms with Gasteiger partial charge in [-0.1, -0.05) is 23.7 Å². The number of rotatable bonds is 2. The molecule has 0 aliphatic heterocycles. The minimum atomic E-state index is -0.405. The molecule has 1 saturated carbocycles. The molecule has 0 radical (unpaired) electrons. The Morgan fingerprint density at radius 3 is 2.56 bits per heavy atom. The van der Waals surface area contributed by atoms with Crippen LogP contribution in [0.25, 0.3) is 0 Å². The number of hydrogen-bond acceptors (Lipinski definition) is 1. The minimum Gasteiger partial charge on any atom is -0.206 e. The van der Waals surface area contributed by atoms with Crippen molar-refractivity contribution in [3.63, 3.8) is 0 Å². The van der Waals surface area contributed by atoms with Gasteiger partial charge in [-0.05, 0) is 55.2 Å². The van der Waals surface area contributed by atoms with E-state index in [-0.39, 0.29) is 5.56 Å². The number of nitriles is 1. The molecule has 3 heteroatoms. The normalized spacial score (nSPS) is 24.1. The highest BCUT2D eigenvalue weighted by Gasteiger charge is 2.21. The number of nitrogens with zero attached hydrogens (tertiary/aromatic N) is 1. The van der Waals surface area contributed by atoms with Crippen LogP contribution in [-0.2, 0) is 0 Å². The molecule has 0 spiro atoms. The second kappa shape index (κ2) is 6.02. The lowest BCUT2D eigenvalue weighted by Crippen LogP contribution is -2.11. The van der Waals surface area contributed by atoms with Gasteiger partial charge in [0.2, 0.25) is 0 Å². The highest BCUT2D eigenvalue weighted by atomic mass is 35.5. The first-order valence-electron chi connectivity index (χ1n) is 6.21. The van der Waals surface area contributed by atoms with E-state index < -0.39 is 5.82 Å². The second-order valence-corrected chi connectivity index (χ2v) is 5.03. The first-order valence-corrected chi connectivity index (χ1v) is 6.64. The monoisotopic (exact) mass is 263 g/mol. The number of benzene rings is 1. The average molecular weight is 264 g/mol. The Morgan fingerprint density at radius 1 is 1.28 bits per heavy atom. The van der Waals surface area contributed by atoms with E-state index in [0.717, 1.165) is 31.2 Å². The molecule has 2 rings (SSSR count). The first kappa shape index (κ1) is 13.1. The van der Waals surface area contributed by atoms with Crippen LogP contribution in [0.15, 0.2) is 29.8 Å². The molecule has 1 aromatic rings. The quantitative estimate of drug-likeness (QED) is 0.757. The number of allylic oxidation sites excluding steroid dienone is 1. The predicted molar refractivity (Wildman–Crippen MR) is 70.8 cm³/mol. The Balaban J connectivity index is 2.06. The molecule has 1 aromatic carbocycles. The lowest BCUT2D eigenvalue weighted by molar-refractivity contribution is 0.375. The fourth-order valence-corrected chi connectivity index (χ4v) is 2.83. The highest BCUT2D eigenvalue weighted by Crippen LogP contribution is 2.36. The summed E-state index contributed by atoms with van der Waals surface area (Å²) in [5.74, 6) is 0.562. The van der Waals surface area contributed by atoms with Crippen LogP contribution < -0.4 is 0 Å². The van der Waals surface area contributed by atoms with Crippen molar-refractivity contribution in [1.29, 1.82) is 5.26 Å². The average Bonchev–Trinajstić information content (AvgIpc) is 2.40. The van der Waals surface area contributed by atoms with E-state index in [1.165, 1.54) is 6.07 Å². The molecule has 0 amide bonds. The Kier molecular flexibility index (Phi) is 4.38. The lowest BCUT2D eigenvalue weighted by atomic mass is 9.78. The summed E-state index contributed by atoms with van der Waals surface area (Å²) in [5, 5.41) is 8.70. The van der Waals surface area contributed by atoms with Crippen LogP contribution in [-0.4, -0.2) is 0 Å². The predicted octanol–water partition coefficient (Wildman–Crippen LogP) is 4.72. The largest absolute Gasteiger partial charge is 0.206 e. The van der Waals surface area contributed by atoms with Gasteiger partial charge in [0, 0.05) is 5.54 Å². The van der Waals surface area contributed by atoms with E-state index in [1.807, 2.05) is 18.2 Å². The van der Waals surface area contributed by atoms with Crippen LogP contribution in [0.3, 0.4) is 0 Å². The van der Waals surface area contributed by atoms with E-state index >= 15 is 0 Å². The van der Waals surface area contributed by atoms with E-state index in [2.05, 4.69) is 0 Å². The molecule has 1 aliphatic carbocycles. The summed E-state index contributed by atoms with van der Waals surface area (Å²) in [5.41, 5.74) is 2.73.